The first-order valence-corrected chi connectivity index (χ1v) is 8.93. The second-order valence-corrected chi connectivity index (χ2v) is 6.58. The van der Waals surface area contributed by atoms with Crippen LogP contribution in [0.25, 0.3) is 0 Å². The maximum absolute atomic E-state index is 12.5. The molecule has 3 aromatic rings. The van der Waals surface area contributed by atoms with Gasteiger partial charge in [0.15, 0.2) is 5.75 Å². The number of phenolic OH excluding ortho intramolecular Hbond substituents is 1. The zero-order valence-electron chi connectivity index (χ0n) is 14.5. The second-order valence-electron chi connectivity index (χ2n) is 5.54. The molecule has 0 radical (unpaired) electrons. The fraction of sp³-hybridized carbons (Fsp3) is 0.100. The molecule has 0 saturated heterocycles. The van der Waals surface area contributed by atoms with E-state index in [1.54, 1.807) is 41.7 Å². The lowest BCUT2D eigenvalue weighted by molar-refractivity contribution is 0.0597. The maximum atomic E-state index is 12.5. The molecular formula is C20H17NO5S. The number of hydrogen-bond acceptors (Lipinski definition) is 6. The zero-order valence-corrected chi connectivity index (χ0v) is 15.3. The van der Waals surface area contributed by atoms with E-state index in [2.05, 4.69) is 10.1 Å². The summed E-state index contributed by atoms with van der Waals surface area (Å²) >= 11 is 1.59. The summed E-state index contributed by atoms with van der Waals surface area (Å²) in [4.78, 5) is 25.2. The Kier molecular flexibility index (Phi) is 5.73. The summed E-state index contributed by atoms with van der Waals surface area (Å²) < 4.78 is 10.3. The number of phenols is 1. The highest BCUT2D eigenvalue weighted by Gasteiger charge is 2.16. The SMILES string of the molecule is COC(=O)c1cccc(NC(=O)c2cccc(OCc3cccs3)c2)c1O. The molecule has 0 unspecified atom stereocenters. The van der Waals surface area contributed by atoms with Crippen molar-refractivity contribution in [1.82, 2.24) is 0 Å². The number of nitrogens with one attached hydrogen (secondary N) is 1. The van der Waals surface area contributed by atoms with E-state index in [1.807, 2.05) is 17.5 Å². The van der Waals surface area contributed by atoms with Crippen molar-refractivity contribution in [1.29, 1.82) is 0 Å². The fourth-order valence-electron chi connectivity index (χ4n) is 2.39. The molecule has 0 aliphatic heterocycles. The van der Waals surface area contributed by atoms with Crippen LogP contribution in [0, 0.1) is 0 Å². The monoisotopic (exact) mass is 383 g/mol. The van der Waals surface area contributed by atoms with Gasteiger partial charge < -0.3 is 19.9 Å². The van der Waals surface area contributed by atoms with Crippen LogP contribution in [-0.2, 0) is 11.3 Å². The van der Waals surface area contributed by atoms with Crippen LogP contribution in [-0.4, -0.2) is 24.1 Å². The average Bonchev–Trinajstić information content (AvgIpc) is 3.21. The number of ether oxygens (including phenoxy) is 2. The number of thiophene rings is 1. The van der Waals surface area contributed by atoms with Crippen molar-refractivity contribution < 1.29 is 24.2 Å². The highest BCUT2D eigenvalue weighted by atomic mass is 32.1. The van der Waals surface area contributed by atoms with Gasteiger partial charge in [-0.05, 0) is 41.8 Å². The molecule has 0 atom stereocenters. The lowest BCUT2D eigenvalue weighted by Gasteiger charge is -2.11. The van der Waals surface area contributed by atoms with E-state index in [0.29, 0.717) is 17.9 Å². The molecule has 1 heterocycles. The molecule has 7 heteroatoms. The summed E-state index contributed by atoms with van der Waals surface area (Å²) in [6, 6.07) is 15.1. The first kappa shape index (κ1) is 18.5. The van der Waals surface area contributed by atoms with E-state index in [0.717, 1.165) is 4.88 Å². The van der Waals surface area contributed by atoms with Crippen LogP contribution in [0.5, 0.6) is 11.5 Å². The number of methoxy groups -OCH3 is 1. The Labute approximate surface area is 160 Å². The topological polar surface area (TPSA) is 84.9 Å². The summed E-state index contributed by atoms with van der Waals surface area (Å²) in [5, 5.41) is 14.8. The number of esters is 1. The molecule has 6 nitrogen and oxygen atoms in total. The summed E-state index contributed by atoms with van der Waals surface area (Å²) in [6.07, 6.45) is 0. The lowest BCUT2D eigenvalue weighted by Crippen LogP contribution is -2.13. The van der Waals surface area contributed by atoms with E-state index in [4.69, 9.17) is 4.74 Å². The predicted molar refractivity (Wildman–Crippen MR) is 102 cm³/mol. The van der Waals surface area contributed by atoms with Crippen molar-refractivity contribution in [3.05, 3.63) is 76.0 Å². The Bertz CT molecular complexity index is 953. The standard InChI is InChI=1S/C20H17NO5S/c1-25-20(24)16-8-3-9-17(18(16)22)21-19(23)13-5-2-6-14(11-13)26-12-15-7-4-10-27-15/h2-11,22H,12H2,1H3,(H,21,23). The number of anilines is 1. The molecule has 1 aromatic heterocycles. The van der Waals surface area contributed by atoms with E-state index in [9.17, 15) is 14.7 Å². The molecular weight excluding hydrogens is 366 g/mol. The van der Waals surface area contributed by atoms with E-state index in [-0.39, 0.29) is 17.0 Å². The van der Waals surface area contributed by atoms with Gasteiger partial charge in [0.25, 0.3) is 5.91 Å². The van der Waals surface area contributed by atoms with Gasteiger partial charge in [0.05, 0.1) is 12.8 Å². The Hall–Kier alpha value is -3.32. The fourth-order valence-corrected chi connectivity index (χ4v) is 3.01. The first-order valence-electron chi connectivity index (χ1n) is 8.05. The molecule has 0 saturated carbocycles. The van der Waals surface area contributed by atoms with Crippen molar-refractivity contribution in [2.75, 3.05) is 12.4 Å². The molecule has 2 N–H and O–H groups in total. The third kappa shape index (κ3) is 4.45. The number of aromatic hydroxyl groups is 1. The molecule has 2 aromatic carbocycles. The molecule has 3 rings (SSSR count). The normalized spacial score (nSPS) is 10.3. The number of para-hydroxylation sites is 1. The summed E-state index contributed by atoms with van der Waals surface area (Å²) in [5.41, 5.74) is 0.456. The third-order valence-corrected chi connectivity index (χ3v) is 4.60. The molecule has 0 bridgehead atoms. The third-order valence-electron chi connectivity index (χ3n) is 3.75. The Morgan fingerprint density at radius 2 is 1.93 bits per heavy atom. The predicted octanol–water partition coefficient (Wildman–Crippen LogP) is 4.07. The number of carbonyl (C=O) groups excluding carboxylic acids is 2. The highest BCUT2D eigenvalue weighted by Crippen LogP contribution is 2.28. The van der Waals surface area contributed by atoms with Crippen LogP contribution < -0.4 is 10.1 Å². The first-order chi connectivity index (χ1) is 13.1. The molecule has 0 fully saturated rings. The van der Waals surface area contributed by atoms with E-state index >= 15 is 0 Å². The molecule has 138 valence electrons. The highest BCUT2D eigenvalue weighted by molar-refractivity contribution is 7.09. The largest absolute Gasteiger partial charge is 0.505 e. The van der Waals surface area contributed by atoms with Crippen LogP contribution in [0.3, 0.4) is 0 Å². The van der Waals surface area contributed by atoms with Crippen molar-refractivity contribution in [2.45, 2.75) is 6.61 Å². The number of carbonyl (C=O) groups is 2. The summed E-state index contributed by atoms with van der Waals surface area (Å²) in [7, 11) is 1.22. The van der Waals surface area contributed by atoms with Gasteiger partial charge in [-0.15, -0.1) is 11.3 Å². The van der Waals surface area contributed by atoms with Gasteiger partial charge in [-0.3, -0.25) is 4.79 Å². The van der Waals surface area contributed by atoms with Crippen LogP contribution in [0.2, 0.25) is 0 Å². The molecule has 0 aliphatic carbocycles. The van der Waals surface area contributed by atoms with Crippen LogP contribution in [0.1, 0.15) is 25.6 Å². The zero-order chi connectivity index (χ0) is 19.2. The number of hydrogen-bond donors (Lipinski definition) is 2. The van der Waals surface area contributed by atoms with E-state index in [1.165, 1.54) is 19.2 Å². The minimum absolute atomic E-state index is 0.0247. The quantitative estimate of drug-likeness (QED) is 0.495. The smallest absolute Gasteiger partial charge is 0.341 e. The van der Waals surface area contributed by atoms with Crippen LogP contribution in [0.15, 0.2) is 60.0 Å². The van der Waals surface area contributed by atoms with Gasteiger partial charge >= 0.3 is 5.97 Å². The van der Waals surface area contributed by atoms with Crippen molar-refractivity contribution in [3.63, 3.8) is 0 Å². The number of benzene rings is 2. The maximum Gasteiger partial charge on any atom is 0.341 e. The van der Waals surface area contributed by atoms with Crippen LogP contribution >= 0.6 is 11.3 Å². The Morgan fingerprint density at radius 3 is 2.67 bits per heavy atom. The average molecular weight is 383 g/mol. The number of rotatable bonds is 6. The van der Waals surface area contributed by atoms with Crippen molar-refractivity contribution in [3.8, 4) is 11.5 Å². The van der Waals surface area contributed by atoms with Gasteiger partial charge in [-0.1, -0.05) is 18.2 Å². The second kappa shape index (κ2) is 8.37. The Balaban J connectivity index is 1.73. The van der Waals surface area contributed by atoms with Crippen LogP contribution in [0.4, 0.5) is 5.69 Å². The van der Waals surface area contributed by atoms with Crippen molar-refractivity contribution >= 4 is 28.9 Å². The van der Waals surface area contributed by atoms with Gasteiger partial charge in [-0.2, -0.15) is 0 Å². The molecule has 1 amide bonds. The molecule has 0 aliphatic rings. The molecule has 27 heavy (non-hydrogen) atoms. The summed E-state index contributed by atoms with van der Waals surface area (Å²) in [5.74, 6) is -0.909. The molecule has 0 spiro atoms. The minimum Gasteiger partial charge on any atom is -0.505 e. The van der Waals surface area contributed by atoms with E-state index < -0.39 is 11.9 Å². The lowest BCUT2D eigenvalue weighted by atomic mass is 10.1. The Morgan fingerprint density at radius 1 is 1.11 bits per heavy atom. The number of amides is 1. The minimum atomic E-state index is -0.687. The van der Waals surface area contributed by atoms with Crippen molar-refractivity contribution in [2.24, 2.45) is 0 Å². The van der Waals surface area contributed by atoms with Gasteiger partial charge in [0.2, 0.25) is 0 Å². The van der Waals surface area contributed by atoms with Gasteiger partial charge in [0.1, 0.15) is 17.9 Å². The van der Waals surface area contributed by atoms with Gasteiger partial charge in [-0.25, -0.2) is 4.79 Å². The van der Waals surface area contributed by atoms with Gasteiger partial charge in [0, 0.05) is 10.4 Å². The summed E-state index contributed by atoms with van der Waals surface area (Å²) in [6.45, 7) is 0.421.